The van der Waals surface area contributed by atoms with Gasteiger partial charge in [0.2, 0.25) is 11.5 Å². The van der Waals surface area contributed by atoms with E-state index in [4.69, 9.17) is 0 Å². The zero-order chi connectivity index (χ0) is 15.6. The SMILES string of the molecule is O=C(NC1(C(=O)Nc2ccccc2)CC1)c1cc[nH]c(=O)c1. The number of carbonyl (C=O) groups excluding carboxylic acids is 2. The summed E-state index contributed by atoms with van der Waals surface area (Å²) in [4.78, 5) is 38.2. The quantitative estimate of drug-likeness (QED) is 0.794. The van der Waals surface area contributed by atoms with Crippen LogP contribution in [-0.4, -0.2) is 22.3 Å². The Kier molecular flexibility index (Phi) is 3.50. The minimum atomic E-state index is -0.879. The third kappa shape index (κ3) is 2.90. The van der Waals surface area contributed by atoms with Crippen molar-refractivity contribution in [2.75, 3.05) is 5.32 Å². The predicted octanol–water partition coefficient (Wildman–Crippen LogP) is 1.28. The van der Waals surface area contributed by atoms with Crippen LogP contribution in [0.2, 0.25) is 0 Å². The minimum Gasteiger partial charge on any atom is -0.338 e. The fourth-order valence-corrected chi connectivity index (χ4v) is 2.18. The van der Waals surface area contributed by atoms with Crippen molar-refractivity contribution in [3.63, 3.8) is 0 Å². The summed E-state index contributed by atoms with van der Waals surface area (Å²) in [6, 6.07) is 11.8. The van der Waals surface area contributed by atoms with Crippen LogP contribution in [0.4, 0.5) is 5.69 Å². The first-order chi connectivity index (χ1) is 10.6. The topological polar surface area (TPSA) is 91.1 Å². The lowest BCUT2D eigenvalue weighted by molar-refractivity contribution is -0.118. The van der Waals surface area contributed by atoms with Crippen LogP contribution in [-0.2, 0) is 4.79 Å². The summed E-state index contributed by atoms with van der Waals surface area (Å²) in [6.45, 7) is 0. The molecule has 2 amide bonds. The van der Waals surface area contributed by atoms with Crippen LogP contribution < -0.4 is 16.2 Å². The maximum absolute atomic E-state index is 12.3. The van der Waals surface area contributed by atoms with Crippen molar-refractivity contribution in [3.05, 3.63) is 64.6 Å². The standard InChI is InChI=1S/C16H15N3O3/c20-13-10-11(6-9-17-13)14(21)19-16(7-8-16)15(22)18-12-4-2-1-3-5-12/h1-6,9-10H,7-8H2,(H,17,20)(H,18,22)(H,19,21). The number of benzene rings is 1. The van der Waals surface area contributed by atoms with Gasteiger partial charge in [-0.2, -0.15) is 0 Å². The van der Waals surface area contributed by atoms with Gasteiger partial charge in [-0.05, 0) is 31.0 Å². The van der Waals surface area contributed by atoms with Gasteiger partial charge in [-0.3, -0.25) is 14.4 Å². The predicted molar refractivity (Wildman–Crippen MR) is 81.6 cm³/mol. The van der Waals surface area contributed by atoms with Crippen LogP contribution in [0.1, 0.15) is 23.2 Å². The zero-order valence-corrected chi connectivity index (χ0v) is 11.8. The monoisotopic (exact) mass is 297 g/mol. The molecule has 1 aromatic carbocycles. The number of H-pyrrole nitrogens is 1. The molecule has 1 aliphatic carbocycles. The molecule has 1 aromatic heterocycles. The van der Waals surface area contributed by atoms with E-state index >= 15 is 0 Å². The van der Waals surface area contributed by atoms with Crippen molar-refractivity contribution in [1.82, 2.24) is 10.3 Å². The van der Waals surface area contributed by atoms with Gasteiger partial charge >= 0.3 is 0 Å². The van der Waals surface area contributed by atoms with Gasteiger partial charge in [-0.1, -0.05) is 18.2 Å². The Balaban J connectivity index is 1.70. The molecule has 1 saturated carbocycles. The summed E-state index contributed by atoms with van der Waals surface area (Å²) >= 11 is 0. The Morgan fingerprint density at radius 3 is 2.45 bits per heavy atom. The Labute approximate surface area is 126 Å². The number of nitrogens with one attached hydrogen (secondary N) is 3. The molecule has 0 aliphatic heterocycles. The number of aromatic nitrogens is 1. The van der Waals surface area contributed by atoms with Crippen LogP contribution >= 0.6 is 0 Å². The number of para-hydroxylation sites is 1. The molecule has 3 rings (SSSR count). The molecule has 6 nitrogen and oxygen atoms in total. The Morgan fingerprint density at radius 1 is 1.09 bits per heavy atom. The van der Waals surface area contributed by atoms with Gasteiger partial charge in [0.05, 0.1) is 0 Å². The molecule has 0 unspecified atom stereocenters. The van der Waals surface area contributed by atoms with Gasteiger partial charge in [0.25, 0.3) is 5.91 Å². The van der Waals surface area contributed by atoms with E-state index in [2.05, 4.69) is 15.6 Å². The fraction of sp³-hybridized carbons (Fsp3) is 0.188. The number of hydrogen-bond acceptors (Lipinski definition) is 3. The highest BCUT2D eigenvalue weighted by Gasteiger charge is 2.51. The van der Waals surface area contributed by atoms with E-state index in [9.17, 15) is 14.4 Å². The maximum atomic E-state index is 12.3. The molecule has 1 fully saturated rings. The highest BCUT2D eigenvalue weighted by Crippen LogP contribution is 2.36. The lowest BCUT2D eigenvalue weighted by Gasteiger charge is -2.17. The van der Waals surface area contributed by atoms with Gasteiger partial charge in [0.15, 0.2) is 0 Å². The number of aromatic amines is 1. The van der Waals surface area contributed by atoms with Crippen molar-refractivity contribution in [1.29, 1.82) is 0 Å². The zero-order valence-electron chi connectivity index (χ0n) is 11.8. The van der Waals surface area contributed by atoms with E-state index in [0.717, 1.165) is 0 Å². The van der Waals surface area contributed by atoms with Crippen molar-refractivity contribution in [2.45, 2.75) is 18.4 Å². The van der Waals surface area contributed by atoms with Crippen LogP contribution in [0.3, 0.4) is 0 Å². The number of rotatable bonds is 4. The van der Waals surface area contributed by atoms with E-state index in [1.165, 1.54) is 18.3 Å². The molecule has 22 heavy (non-hydrogen) atoms. The lowest BCUT2D eigenvalue weighted by Crippen LogP contribution is -2.46. The van der Waals surface area contributed by atoms with Crippen LogP contribution in [0, 0.1) is 0 Å². The second kappa shape index (κ2) is 5.48. The van der Waals surface area contributed by atoms with E-state index < -0.39 is 11.4 Å². The number of pyridine rings is 1. The second-order valence-electron chi connectivity index (χ2n) is 5.30. The smallest absolute Gasteiger partial charge is 0.252 e. The van der Waals surface area contributed by atoms with E-state index in [-0.39, 0.29) is 17.0 Å². The molecule has 3 N–H and O–H groups in total. The van der Waals surface area contributed by atoms with E-state index in [0.29, 0.717) is 18.5 Å². The molecule has 1 heterocycles. The summed E-state index contributed by atoms with van der Waals surface area (Å²) in [5.74, 6) is -0.663. The molecule has 0 spiro atoms. The number of anilines is 1. The maximum Gasteiger partial charge on any atom is 0.252 e. The molecular formula is C16H15N3O3. The summed E-state index contributed by atoms with van der Waals surface area (Å²) in [5.41, 5.74) is -0.312. The summed E-state index contributed by atoms with van der Waals surface area (Å²) in [7, 11) is 0. The Bertz CT molecular complexity index is 763. The highest BCUT2D eigenvalue weighted by atomic mass is 16.2. The minimum absolute atomic E-state index is 0.238. The normalized spacial score (nSPS) is 14.9. The average molecular weight is 297 g/mol. The van der Waals surface area contributed by atoms with Crippen LogP contribution in [0.25, 0.3) is 0 Å². The molecule has 0 saturated heterocycles. The van der Waals surface area contributed by atoms with Crippen molar-refractivity contribution in [2.24, 2.45) is 0 Å². The van der Waals surface area contributed by atoms with Gasteiger partial charge in [0, 0.05) is 23.5 Å². The average Bonchev–Trinajstić information content (AvgIpc) is 3.29. The van der Waals surface area contributed by atoms with Crippen molar-refractivity contribution >= 4 is 17.5 Å². The molecule has 0 bridgehead atoms. The van der Waals surface area contributed by atoms with Gasteiger partial charge in [0.1, 0.15) is 5.54 Å². The van der Waals surface area contributed by atoms with E-state index in [1.54, 1.807) is 12.1 Å². The summed E-state index contributed by atoms with van der Waals surface area (Å²) in [6.07, 6.45) is 2.57. The first-order valence-electron chi connectivity index (χ1n) is 6.97. The number of carbonyl (C=O) groups is 2. The van der Waals surface area contributed by atoms with Crippen molar-refractivity contribution < 1.29 is 9.59 Å². The van der Waals surface area contributed by atoms with Crippen LogP contribution in [0.5, 0.6) is 0 Å². The van der Waals surface area contributed by atoms with E-state index in [1.807, 2.05) is 18.2 Å². The fourth-order valence-electron chi connectivity index (χ4n) is 2.18. The summed E-state index contributed by atoms with van der Waals surface area (Å²) < 4.78 is 0. The molecule has 6 heteroatoms. The van der Waals surface area contributed by atoms with Crippen molar-refractivity contribution in [3.8, 4) is 0 Å². The molecule has 0 atom stereocenters. The largest absolute Gasteiger partial charge is 0.338 e. The first-order valence-corrected chi connectivity index (χ1v) is 6.97. The molecule has 112 valence electrons. The molecule has 2 aromatic rings. The molecule has 0 radical (unpaired) electrons. The van der Waals surface area contributed by atoms with Gasteiger partial charge < -0.3 is 15.6 Å². The Morgan fingerprint density at radius 2 is 1.82 bits per heavy atom. The highest BCUT2D eigenvalue weighted by molar-refractivity contribution is 6.05. The number of amides is 2. The first kappa shape index (κ1) is 14.1. The lowest BCUT2D eigenvalue weighted by atomic mass is 10.2. The third-order valence-corrected chi connectivity index (χ3v) is 3.61. The molecule has 1 aliphatic rings. The Hall–Kier alpha value is -2.89. The van der Waals surface area contributed by atoms with Crippen LogP contribution in [0.15, 0.2) is 53.5 Å². The second-order valence-corrected chi connectivity index (χ2v) is 5.30. The molecular weight excluding hydrogens is 282 g/mol. The number of hydrogen-bond donors (Lipinski definition) is 3. The van der Waals surface area contributed by atoms with Gasteiger partial charge in [-0.15, -0.1) is 0 Å². The van der Waals surface area contributed by atoms with Gasteiger partial charge in [-0.25, -0.2) is 0 Å². The summed E-state index contributed by atoms with van der Waals surface area (Å²) in [5, 5.41) is 5.52. The third-order valence-electron chi connectivity index (χ3n) is 3.61.